The molecule has 0 amide bonds. The van der Waals surface area contributed by atoms with Gasteiger partial charge in [-0.25, -0.2) is 0 Å². The molecule has 0 radical (unpaired) electrons. The Hall–Kier alpha value is 0.850. The summed E-state index contributed by atoms with van der Waals surface area (Å²) in [5.74, 6) is -4.86. The Labute approximate surface area is 264 Å². The van der Waals surface area contributed by atoms with Gasteiger partial charge in [-0.05, 0) is 36.5 Å². The third-order valence-corrected chi connectivity index (χ3v) is 9.21. The zero-order valence-electron chi connectivity index (χ0n) is 24.2. The Balaban J connectivity index is -0.00000544. The first-order valence-electron chi connectivity index (χ1n) is 13.2. The van der Waals surface area contributed by atoms with Crippen LogP contribution in [-0.2, 0) is 19.7 Å². The molecule has 0 saturated carbocycles. The molecule has 0 aliphatic rings. The minimum absolute atomic E-state index is 0. The van der Waals surface area contributed by atoms with E-state index in [2.05, 4.69) is 27.7 Å². The molecule has 1 N–H and O–H groups in total. The van der Waals surface area contributed by atoms with Crippen molar-refractivity contribution in [1.29, 1.82) is 0 Å². The first-order chi connectivity index (χ1) is 15.8. The molecule has 7 nitrogen and oxygen atoms in total. The van der Waals surface area contributed by atoms with Crippen molar-refractivity contribution in [2.45, 2.75) is 124 Å². The van der Waals surface area contributed by atoms with Crippen molar-refractivity contribution in [1.82, 2.24) is 0 Å². The van der Waals surface area contributed by atoms with E-state index in [1.165, 1.54) is 0 Å². The molecule has 0 aliphatic heterocycles. The van der Waals surface area contributed by atoms with E-state index in [1.807, 2.05) is 0 Å². The quantitative estimate of drug-likeness (QED) is 0.137. The average molecular weight is 551 g/mol. The largest absolute Gasteiger partial charge is 1.00 e. The van der Waals surface area contributed by atoms with Crippen LogP contribution in [0.2, 0.25) is 0 Å². The summed E-state index contributed by atoms with van der Waals surface area (Å²) in [4.78, 5) is 24.7. The fraction of sp³-hybridized carbons (Fsp3) is 0.923. The van der Waals surface area contributed by atoms with Gasteiger partial charge < -0.3 is 19.8 Å². The molecule has 36 heavy (non-hydrogen) atoms. The van der Waals surface area contributed by atoms with E-state index in [1.54, 1.807) is 13.8 Å². The molecular formula is C26H48Na2O7S. The molecular weight excluding hydrogens is 502 g/mol. The molecule has 0 aromatic heterocycles. The predicted octanol–water partition coefficient (Wildman–Crippen LogP) is -2.00. The third-order valence-electron chi connectivity index (χ3n) is 8.03. The maximum absolute atomic E-state index is 12.7. The summed E-state index contributed by atoms with van der Waals surface area (Å²) in [5.41, 5.74) is -2.29. The third kappa shape index (κ3) is 12.4. The standard InChI is InChI=1S/C26H50O7S.2Na/c1-7-11-13-21(9-3)17-15-19(5)26(25(29)30,23(24(27)28)34(31,32)33)20(6)16-18-22(10-4)14-12-8-2;;/h19-23H,7-18H2,1-6H3,(H,27,28)(H,29,30)(H,31,32,33);;/q;2*+1/p-2. The molecule has 202 valence electrons. The van der Waals surface area contributed by atoms with Crippen molar-refractivity contribution >= 4 is 22.1 Å². The normalized spacial score (nSPS) is 17.4. The maximum Gasteiger partial charge on any atom is 1.00 e. The van der Waals surface area contributed by atoms with Crippen LogP contribution in [-0.4, -0.2) is 30.2 Å². The van der Waals surface area contributed by atoms with Gasteiger partial charge in [0.2, 0.25) is 0 Å². The van der Waals surface area contributed by atoms with Crippen LogP contribution < -0.4 is 69.3 Å². The van der Waals surface area contributed by atoms with Crippen LogP contribution in [0.5, 0.6) is 0 Å². The molecule has 0 rings (SSSR count). The Morgan fingerprint density at radius 1 is 0.750 bits per heavy atom. The van der Waals surface area contributed by atoms with E-state index >= 15 is 0 Å². The summed E-state index contributed by atoms with van der Waals surface area (Å²) in [6, 6.07) is 0. The second kappa shape index (κ2) is 20.7. The van der Waals surface area contributed by atoms with Gasteiger partial charge in [0.25, 0.3) is 10.1 Å². The molecule has 10 heteroatoms. The fourth-order valence-electron chi connectivity index (χ4n) is 5.61. The van der Waals surface area contributed by atoms with Crippen LogP contribution in [0.1, 0.15) is 119 Å². The van der Waals surface area contributed by atoms with Crippen molar-refractivity contribution < 1.29 is 91.9 Å². The van der Waals surface area contributed by atoms with E-state index < -0.39 is 44.6 Å². The van der Waals surface area contributed by atoms with Gasteiger partial charge >= 0.3 is 59.1 Å². The fourth-order valence-corrected chi connectivity index (χ4v) is 6.91. The van der Waals surface area contributed by atoms with Crippen molar-refractivity contribution in [3.05, 3.63) is 0 Å². The second-order valence-corrected chi connectivity index (χ2v) is 11.7. The molecule has 0 saturated heterocycles. The van der Waals surface area contributed by atoms with Gasteiger partial charge in [-0.2, -0.15) is 8.42 Å². The predicted molar refractivity (Wildman–Crippen MR) is 131 cm³/mol. The van der Waals surface area contributed by atoms with Gasteiger partial charge in [0, 0.05) is 11.4 Å². The van der Waals surface area contributed by atoms with Crippen molar-refractivity contribution in [3.8, 4) is 0 Å². The molecule has 0 heterocycles. The minimum Gasteiger partial charge on any atom is -0.549 e. The monoisotopic (exact) mass is 550 g/mol. The summed E-state index contributed by atoms with van der Waals surface area (Å²) in [6.45, 7) is 11.5. The van der Waals surface area contributed by atoms with Crippen LogP contribution in [0.25, 0.3) is 0 Å². The number of carbonyl (C=O) groups excluding carboxylic acids is 2. The molecule has 0 bridgehead atoms. The summed E-state index contributed by atoms with van der Waals surface area (Å²) in [5, 5.41) is 22.1. The van der Waals surface area contributed by atoms with Crippen molar-refractivity contribution in [2.24, 2.45) is 29.1 Å². The molecule has 5 unspecified atom stereocenters. The van der Waals surface area contributed by atoms with Crippen LogP contribution in [0, 0.1) is 29.1 Å². The Kier molecular flexibility index (Phi) is 23.8. The van der Waals surface area contributed by atoms with Crippen LogP contribution in [0.15, 0.2) is 0 Å². The summed E-state index contributed by atoms with van der Waals surface area (Å²) in [7, 11) is -5.26. The van der Waals surface area contributed by atoms with Gasteiger partial charge in [-0.3, -0.25) is 4.55 Å². The number of hydrogen-bond donors (Lipinski definition) is 1. The number of carbonyl (C=O) groups is 2. The SMILES string of the molecule is CCCCC(CC)CCC(C)C(C(=O)[O-])(C(C)CCC(CC)CCCC)C(C(=O)[O-])S(=O)(=O)O.[Na+].[Na+]. The number of carboxylic acid groups (broad SMARTS) is 2. The number of aliphatic carboxylic acids is 2. The number of rotatable bonds is 20. The second-order valence-electron chi connectivity index (χ2n) is 10.2. The number of carboxylic acids is 2. The van der Waals surface area contributed by atoms with Gasteiger partial charge in [0.1, 0.15) is 5.25 Å². The van der Waals surface area contributed by atoms with Gasteiger partial charge in [0.15, 0.2) is 0 Å². The van der Waals surface area contributed by atoms with Gasteiger partial charge in [-0.1, -0.05) is 106 Å². The van der Waals surface area contributed by atoms with Gasteiger partial charge in [0.05, 0.1) is 5.97 Å². The first-order valence-corrected chi connectivity index (χ1v) is 14.7. The van der Waals surface area contributed by atoms with E-state index in [9.17, 15) is 32.8 Å². The minimum atomic E-state index is -5.26. The molecule has 0 aromatic carbocycles. The molecule has 0 spiro atoms. The van der Waals surface area contributed by atoms with E-state index in [0.29, 0.717) is 37.5 Å². The zero-order chi connectivity index (χ0) is 26.5. The molecule has 0 aliphatic carbocycles. The summed E-state index contributed by atoms with van der Waals surface area (Å²) < 4.78 is 34.4. The smallest absolute Gasteiger partial charge is 0.549 e. The zero-order valence-corrected chi connectivity index (χ0v) is 29.0. The van der Waals surface area contributed by atoms with E-state index in [0.717, 1.165) is 51.4 Å². The first kappa shape index (κ1) is 41.3. The average Bonchev–Trinajstić information content (AvgIpc) is 2.75. The maximum atomic E-state index is 12.7. The van der Waals surface area contributed by atoms with Crippen molar-refractivity contribution in [3.63, 3.8) is 0 Å². The Bertz CT molecular complexity index is 689. The summed E-state index contributed by atoms with van der Waals surface area (Å²) >= 11 is 0. The van der Waals surface area contributed by atoms with Crippen LogP contribution in [0.4, 0.5) is 0 Å². The van der Waals surface area contributed by atoms with E-state index in [-0.39, 0.29) is 59.1 Å². The van der Waals surface area contributed by atoms with Crippen LogP contribution >= 0.6 is 0 Å². The Morgan fingerprint density at radius 3 is 1.33 bits per heavy atom. The molecule has 0 aromatic rings. The van der Waals surface area contributed by atoms with E-state index in [4.69, 9.17) is 0 Å². The van der Waals surface area contributed by atoms with Crippen molar-refractivity contribution in [2.75, 3.05) is 0 Å². The number of hydrogen-bond acceptors (Lipinski definition) is 6. The number of unbranched alkanes of at least 4 members (excludes halogenated alkanes) is 2. The van der Waals surface area contributed by atoms with Gasteiger partial charge in [-0.15, -0.1) is 0 Å². The molecule has 0 fully saturated rings. The topological polar surface area (TPSA) is 135 Å². The molecule has 5 atom stereocenters. The van der Waals surface area contributed by atoms with Crippen LogP contribution in [0.3, 0.4) is 0 Å². The Morgan fingerprint density at radius 2 is 1.11 bits per heavy atom. The summed E-state index contributed by atoms with van der Waals surface area (Å²) in [6.07, 6.45) is 9.87.